The fourth-order valence-electron chi connectivity index (χ4n) is 2.61. The molecule has 0 aliphatic carbocycles. The third-order valence-corrected chi connectivity index (χ3v) is 3.82. The highest BCUT2D eigenvalue weighted by Gasteiger charge is 2.24. The normalized spacial score (nSPS) is 22.9. The Balaban J connectivity index is 2.22. The first-order chi connectivity index (χ1) is 7.94. The van der Waals surface area contributed by atoms with E-state index >= 15 is 0 Å². The maximum Gasteiger partial charge on any atom is 0.0743 e. The van der Waals surface area contributed by atoms with Crippen molar-refractivity contribution < 1.29 is 5.11 Å². The molecule has 0 aromatic heterocycles. The zero-order chi connectivity index (χ0) is 12.9. The van der Waals surface area contributed by atoms with Gasteiger partial charge < -0.3 is 15.3 Å². The molecule has 0 amide bonds. The fraction of sp³-hybridized carbons (Fsp3) is 1.00. The summed E-state index contributed by atoms with van der Waals surface area (Å²) in [7, 11) is 0. The minimum absolute atomic E-state index is 0.538. The Hall–Kier alpha value is -0.120. The Kier molecular flexibility index (Phi) is 5.90. The van der Waals surface area contributed by atoms with E-state index in [1.165, 1.54) is 25.9 Å². The van der Waals surface area contributed by atoms with Crippen LogP contribution in [0.4, 0.5) is 0 Å². The Bertz CT molecular complexity index is 208. The van der Waals surface area contributed by atoms with Gasteiger partial charge in [0.1, 0.15) is 0 Å². The van der Waals surface area contributed by atoms with E-state index in [9.17, 15) is 5.11 Å². The van der Waals surface area contributed by atoms with Gasteiger partial charge in [-0.2, -0.15) is 0 Å². The largest absolute Gasteiger partial charge is 0.389 e. The predicted molar refractivity (Wildman–Crippen MR) is 73.3 cm³/mol. The molecule has 0 saturated carbocycles. The molecule has 1 saturated heterocycles. The second-order valence-electron chi connectivity index (χ2n) is 6.03. The zero-order valence-corrected chi connectivity index (χ0v) is 12.0. The van der Waals surface area contributed by atoms with Gasteiger partial charge in [-0.25, -0.2) is 0 Å². The van der Waals surface area contributed by atoms with Crippen LogP contribution in [0.15, 0.2) is 0 Å². The second kappa shape index (κ2) is 6.72. The minimum atomic E-state index is -0.538. The van der Waals surface area contributed by atoms with Gasteiger partial charge in [-0.3, -0.25) is 0 Å². The second-order valence-corrected chi connectivity index (χ2v) is 6.03. The quantitative estimate of drug-likeness (QED) is 0.748. The number of piperidine rings is 1. The van der Waals surface area contributed by atoms with Gasteiger partial charge in [-0.1, -0.05) is 13.3 Å². The number of hydrogen-bond acceptors (Lipinski definition) is 3. The monoisotopic (exact) mass is 242 g/mol. The van der Waals surface area contributed by atoms with Gasteiger partial charge in [-0.15, -0.1) is 0 Å². The van der Waals surface area contributed by atoms with E-state index < -0.39 is 5.60 Å². The molecule has 1 heterocycles. The van der Waals surface area contributed by atoms with Crippen molar-refractivity contribution in [3.8, 4) is 0 Å². The van der Waals surface area contributed by atoms with Gasteiger partial charge in [0.25, 0.3) is 0 Å². The Morgan fingerprint density at radius 1 is 1.35 bits per heavy atom. The smallest absolute Gasteiger partial charge is 0.0743 e. The van der Waals surface area contributed by atoms with Crippen molar-refractivity contribution in [3.05, 3.63) is 0 Å². The van der Waals surface area contributed by atoms with Crippen molar-refractivity contribution in [2.75, 3.05) is 19.6 Å². The molecule has 1 fully saturated rings. The zero-order valence-electron chi connectivity index (χ0n) is 12.0. The third-order valence-electron chi connectivity index (χ3n) is 3.82. The summed E-state index contributed by atoms with van der Waals surface area (Å²) in [6.45, 7) is 11.7. The standard InChI is InChI=1S/C14H30N2O/c1-5-8-14(4,17)11-15-13-6-9-16(10-7-13)12(2)3/h12-13,15,17H,5-11H2,1-4H3. The molecule has 0 spiro atoms. The van der Waals surface area contributed by atoms with Crippen LogP contribution in [0, 0.1) is 0 Å². The summed E-state index contributed by atoms with van der Waals surface area (Å²) >= 11 is 0. The van der Waals surface area contributed by atoms with E-state index in [1.54, 1.807) is 0 Å². The SMILES string of the molecule is CCCC(C)(O)CNC1CCN(C(C)C)CC1. The lowest BCUT2D eigenvalue weighted by atomic mass is 9.98. The van der Waals surface area contributed by atoms with Crippen LogP contribution in [0.25, 0.3) is 0 Å². The Labute approximate surface area is 107 Å². The van der Waals surface area contributed by atoms with Crippen LogP contribution >= 0.6 is 0 Å². The average Bonchev–Trinajstić information content (AvgIpc) is 2.27. The highest BCUT2D eigenvalue weighted by molar-refractivity contribution is 4.82. The highest BCUT2D eigenvalue weighted by atomic mass is 16.3. The number of nitrogens with zero attached hydrogens (tertiary/aromatic N) is 1. The molecule has 1 atom stereocenters. The lowest BCUT2D eigenvalue weighted by Crippen LogP contribution is -2.48. The van der Waals surface area contributed by atoms with Gasteiger partial charge in [-0.05, 0) is 53.1 Å². The molecular weight excluding hydrogens is 212 g/mol. The molecule has 0 radical (unpaired) electrons. The van der Waals surface area contributed by atoms with E-state index in [2.05, 4.69) is 31.0 Å². The summed E-state index contributed by atoms with van der Waals surface area (Å²) in [5.74, 6) is 0. The van der Waals surface area contributed by atoms with E-state index in [1.807, 2.05) is 6.92 Å². The van der Waals surface area contributed by atoms with Crippen molar-refractivity contribution in [1.29, 1.82) is 0 Å². The van der Waals surface area contributed by atoms with Gasteiger partial charge in [0.2, 0.25) is 0 Å². The van der Waals surface area contributed by atoms with Crippen LogP contribution in [0.1, 0.15) is 53.4 Å². The van der Waals surface area contributed by atoms with Gasteiger partial charge in [0.05, 0.1) is 5.60 Å². The molecule has 17 heavy (non-hydrogen) atoms. The molecule has 1 unspecified atom stereocenters. The Morgan fingerprint density at radius 3 is 2.41 bits per heavy atom. The average molecular weight is 242 g/mol. The summed E-state index contributed by atoms with van der Waals surface area (Å²) in [6, 6.07) is 1.26. The van der Waals surface area contributed by atoms with Crippen molar-refractivity contribution in [2.45, 2.75) is 71.1 Å². The van der Waals surface area contributed by atoms with E-state index in [0.29, 0.717) is 12.1 Å². The molecule has 1 rings (SSSR count). The maximum absolute atomic E-state index is 10.1. The summed E-state index contributed by atoms with van der Waals surface area (Å²) in [5, 5.41) is 13.6. The van der Waals surface area contributed by atoms with Gasteiger partial charge in [0, 0.05) is 18.6 Å². The van der Waals surface area contributed by atoms with E-state index in [0.717, 1.165) is 19.4 Å². The summed E-state index contributed by atoms with van der Waals surface area (Å²) in [4.78, 5) is 2.53. The number of rotatable bonds is 6. The van der Waals surface area contributed by atoms with Crippen LogP contribution in [-0.2, 0) is 0 Å². The molecule has 0 aromatic rings. The number of likely N-dealkylation sites (tertiary alicyclic amines) is 1. The summed E-state index contributed by atoms with van der Waals surface area (Å²) in [6.07, 6.45) is 4.34. The summed E-state index contributed by atoms with van der Waals surface area (Å²) < 4.78 is 0. The molecular formula is C14H30N2O. The van der Waals surface area contributed by atoms with Crippen molar-refractivity contribution in [2.24, 2.45) is 0 Å². The lowest BCUT2D eigenvalue weighted by Gasteiger charge is -2.36. The van der Waals surface area contributed by atoms with Crippen LogP contribution in [0.3, 0.4) is 0 Å². The maximum atomic E-state index is 10.1. The lowest BCUT2D eigenvalue weighted by molar-refractivity contribution is 0.0430. The molecule has 3 heteroatoms. The molecule has 1 aliphatic rings. The van der Waals surface area contributed by atoms with Crippen molar-refractivity contribution in [3.63, 3.8) is 0 Å². The van der Waals surface area contributed by atoms with Crippen LogP contribution in [0.2, 0.25) is 0 Å². The molecule has 2 N–H and O–H groups in total. The Morgan fingerprint density at radius 2 is 1.94 bits per heavy atom. The first kappa shape index (κ1) is 14.9. The van der Waals surface area contributed by atoms with E-state index in [-0.39, 0.29) is 0 Å². The first-order valence-corrected chi connectivity index (χ1v) is 7.14. The van der Waals surface area contributed by atoms with E-state index in [4.69, 9.17) is 0 Å². The molecule has 3 nitrogen and oxygen atoms in total. The molecule has 0 bridgehead atoms. The third kappa shape index (κ3) is 5.36. The fourth-order valence-corrected chi connectivity index (χ4v) is 2.61. The number of nitrogens with one attached hydrogen (secondary N) is 1. The minimum Gasteiger partial charge on any atom is -0.389 e. The van der Waals surface area contributed by atoms with Crippen LogP contribution < -0.4 is 5.32 Å². The molecule has 1 aliphatic heterocycles. The van der Waals surface area contributed by atoms with Crippen molar-refractivity contribution >= 4 is 0 Å². The number of hydrogen-bond donors (Lipinski definition) is 2. The highest BCUT2D eigenvalue weighted by Crippen LogP contribution is 2.15. The first-order valence-electron chi connectivity index (χ1n) is 7.14. The van der Waals surface area contributed by atoms with Crippen molar-refractivity contribution in [1.82, 2.24) is 10.2 Å². The topological polar surface area (TPSA) is 35.5 Å². The molecule has 102 valence electrons. The van der Waals surface area contributed by atoms with Gasteiger partial charge >= 0.3 is 0 Å². The molecule has 0 aromatic carbocycles. The van der Waals surface area contributed by atoms with Gasteiger partial charge in [0.15, 0.2) is 0 Å². The summed E-state index contributed by atoms with van der Waals surface area (Å²) in [5.41, 5.74) is -0.538. The van der Waals surface area contributed by atoms with Crippen LogP contribution in [-0.4, -0.2) is 47.3 Å². The number of aliphatic hydroxyl groups is 1. The predicted octanol–water partition coefficient (Wildman–Crippen LogP) is 2.00. The van der Waals surface area contributed by atoms with Crippen LogP contribution in [0.5, 0.6) is 0 Å².